The highest BCUT2D eigenvalue weighted by Gasteiger charge is 2.10. The van der Waals surface area contributed by atoms with E-state index in [0.29, 0.717) is 22.3 Å². The van der Waals surface area contributed by atoms with E-state index in [1.807, 2.05) is 37.3 Å². The monoisotopic (exact) mass is 400 g/mol. The Kier molecular flexibility index (Phi) is 4.90. The zero-order chi connectivity index (χ0) is 18.0. The van der Waals surface area contributed by atoms with Crippen LogP contribution in [0.4, 0.5) is 5.69 Å². The third-order valence-electron chi connectivity index (χ3n) is 3.88. The van der Waals surface area contributed by atoms with Crippen LogP contribution in [0.15, 0.2) is 57.9 Å². The average Bonchev–Trinajstić information content (AvgIpc) is 2.57. The molecule has 0 aliphatic carbocycles. The second-order valence-electron chi connectivity index (χ2n) is 5.72. The molecule has 0 saturated carbocycles. The fraction of sp³-hybridized carbons (Fsp3) is 0.158. The summed E-state index contributed by atoms with van der Waals surface area (Å²) in [6, 6.07) is 12.5. The first-order valence-corrected chi connectivity index (χ1v) is 8.50. The Balaban J connectivity index is 1.91. The molecular formula is C19H17BrN2O3. The van der Waals surface area contributed by atoms with Crippen LogP contribution in [-0.2, 0) is 11.3 Å². The van der Waals surface area contributed by atoms with Crippen molar-refractivity contribution in [3.8, 4) is 5.75 Å². The number of carbonyl (C=O) groups is 1. The van der Waals surface area contributed by atoms with E-state index in [9.17, 15) is 9.59 Å². The quantitative estimate of drug-likeness (QED) is 0.725. The predicted octanol–water partition coefficient (Wildman–Crippen LogP) is 3.72. The largest absolute Gasteiger partial charge is 0.495 e. The lowest BCUT2D eigenvalue weighted by atomic mass is 10.2. The summed E-state index contributed by atoms with van der Waals surface area (Å²) in [6.45, 7) is 2.03. The fourth-order valence-electron chi connectivity index (χ4n) is 2.68. The van der Waals surface area contributed by atoms with Gasteiger partial charge in [0, 0.05) is 22.1 Å². The van der Waals surface area contributed by atoms with Crippen LogP contribution in [-0.4, -0.2) is 17.6 Å². The fourth-order valence-corrected chi connectivity index (χ4v) is 3.03. The molecule has 0 atom stereocenters. The second-order valence-corrected chi connectivity index (χ2v) is 6.64. The summed E-state index contributed by atoms with van der Waals surface area (Å²) in [5.74, 6) is 0.403. The van der Waals surface area contributed by atoms with E-state index in [0.717, 1.165) is 10.0 Å². The van der Waals surface area contributed by atoms with Crippen LogP contribution in [0.2, 0.25) is 0 Å². The van der Waals surface area contributed by atoms with Gasteiger partial charge >= 0.3 is 0 Å². The van der Waals surface area contributed by atoms with E-state index < -0.39 is 0 Å². The van der Waals surface area contributed by atoms with E-state index in [-0.39, 0.29) is 17.9 Å². The van der Waals surface area contributed by atoms with Crippen molar-refractivity contribution in [3.63, 3.8) is 0 Å². The summed E-state index contributed by atoms with van der Waals surface area (Å²) >= 11 is 3.41. The van der Waals surface area contributed by atoms with Gasteiger partial charge in [-0.2, -0.15) is 0 Å². The number of rotatable bonds is 4. The number of amides is 1. The molecule has 0 aliphatic rings. The number of hydrogen-bond donors (Lipinski definition) is 1. The highest BCUT2D eigenvalue weighted by atomic mass is 79.9. The van der Waals surface area contributed by atoms with E-state index in [4.69, 9.17) is 4.74 Å². The number of nitrogens with one attached hydrogen (secondary N) is 1. The first kappa shape index (κ1) is 17.2. The molecule has 0 saturated heterocycles. The Morgan fingerprint density at radius 2 is 2.00 bits per heavy atom. The Morgan fingerprint density at radius 1 is 1.20 bits per heavy atom. The summed E-state index contributed by atoms with van der Waals surface area (Å²) in [7, 11) is 1.56. The predicted molar refractivity (Wildman–Crippen MR) is 102 cm³/mol. The number of aromatic nitrogens is 1. The Hall–Kier alpha value is -2.60. The molecule has 0 unspecified atom stereocenters. The summed E-state index contributed by atoms with van der Waals surface area (Å²) < 4.78 is 7.88. The van der Waals surface area contributed by atoms with Crippen molar-refractivity contribution in [1.82, 2.24) is 4.57 Å². The molecule has 2 aromatic carbocycles. The number of hydrogen-bond acceptors (Lipinski definition) is 3. The normalized spacial score (nSPS) is 10.7. The highest BCUT2D eigenvalue weighted by molar-refractivity contribution is 9.10. The Bertz CT molecular complexity index is 1010. The van der Waals surface area contributed by atoms with E-state index in [1.54, 1.807) is 23.9 Å². The minimum atomic E-state index is -0.200. The maximum absolute atomic E-state index is 12.5. The molecule has 6 heteroatoms. The minimum absolute atomic E-state index is 0.0699. The maximum Gasteiger partial charge on any atom is 0.244 e. The number of halogens is 1. The molecule has 3 rings (SSSR count). The molecule has 1 heterocycles. The molecule has 25 heavy (non-hydrogen) atoms. The molecule has 0 bridgehead atoms. The van der Waals surface area contributed by atoms with Crippen molar-refractivity contribution < 1.29 is 9.53 Å². The molecule has 3 aromatic rings. The number of nitrogens with zero attached hydrogens (tertiary/aromatic N) is 1. The molecular weight excluding hydrogens is 384 g/mol. The van der Waals surface area contributed by atoms with Crippen LogP contribution in [0.25, 0.3) is 10.9 Å². The topological polar surface area (TPSA) is 60.3 Å². The maximum atomic E-state index is 12.5. The molecule has 1 aromatic heterocycles. The van der Waals surface area contributed by atoms with Crippen LogP contribution in [0.5, 0.6) is 5.75 Å². The van der Waals surface area contributed by atoms with Crippen molar-refractivity contribution in [2.45, 2.75) is 13.5 Å². The Labute approximate surface area is 153 Å². The van der Waals surface area contributed by atoms with Crippen LogP contribution in [0.1, 0.15) is 5.56 Å². The Morgan fingerprint density at radius 3 is 2.76 bits per heavy atom. The first-order valence-electron chi connectivity index (χ1n) is 7.71. The van der Waals surface area contributed by atoms with Crippen molar-refractivity contribution in [3.05, 3.63) is 68.9 Å². The molecule has 0 aliphatic heterocycles. The molecule has 0 radical (unpaired) electrons. The zero-order valence-electron chi connectivity index (χ0n) is 13.9. The summed E-state index contributed by atoms with van der Waals surface area (Å²) in [5, 5.41) is 3.45. The number of fused-ring (bicyclic) bond motifs is 1. The van der Waals surface area contributed by atoms with Gasteiger partial charge in [-0.15, -0.1) is 0 Å². The molecule has 0 fully saturated rings. The van der Waals surface area contributed by atoms with Gasteiger partial charge in [0.05, 0.1) is 18.3 Å². The lowest BCUT2D eigenvalue weighted by molar-refractivity contribution is -0.116. The number of carbonyl (C=O) groups excluding carboxylic acids is 1. The highest BCUT2D eigenvalue weighted by Crippen LogP contribution is 2.25. The van der Waals surface area contributed by atoms with E-state index >= 15 is 0 Å². The summed E-state index contributed by atoms with van der Waals surface area (Å²) in [4.78, 5) is 24.5. The molecule has 5 nitrogen and oxygen atoms in total. The van der Waals surface area contributed by atoms with Crippen LogP contribution in [0, 0.1) is 6.92 Å². The van der Waals surface area contributed by atoms with Crippen molar-refractivity contribution in [2.24, 2.45) is 0 Å². The summed E-state index contributed by atoms with van der Waals surface area (Å²) in [6.07, 6.45) is 1.63. The van der Waals surface area contributed by atoms with Crippen LogP contribution in [0.3, 0.4) is 0 Å². The number of pyridine rings is 1. The molecule has 128 valence electrons. The van der Waals surface area contributed by atoms with E-state index in [1.165, 1.54) is 6.07 Å². The lowest BCUT2D eigenvalue weighted by Gasteiger charge is -2.13. The van der Waals surface area contributed by atoms with Gasteiger partial charge in [-0.1, -0.05) is 22.0 Å². The van der Waals surface area contributed by atoms with Gasteiger partial charge in [0.15, 0.2) is 5.43 Å². The summed E-state index contributed by atoms with van der Waals surface area (Å²) in [5.41, 5.74) is 2.28. The number of benzene rings is 2. The van der Waals surface area contributed by atoms with Gasteiger partial charge in [-0.05, 0) is 42.8 Å². The first-order chi connectivity index (χ1) is 12.0. The SMILES string of the molecule is COc1ccc(C)cc1NC(=O)Cn1ccc(=O)c2ccc(Br)cc21. The van der Waals surface area contributed by atoms with Gasteiger partial charge in [0.25, 0.3) is 0 Å². The van der Waals surface area contributed by atoms with Crippen molar-refractivity contribution in [1.29, 1.82) is 0 Å². The molecule has 0 spiro atoms. The number of methoxy groups -OCH3 is 1. The minimum Gasteiger partial charge on any atom is -0.495 e. The van der Waals surface area contributed by atoms with Crippen LogP contribution >= 0.6 is 15.9 Å². The van der Waals surface area contributed by atoms with Gasteiger partial charge in [0.1, 0.15) is 12.3 Å². The van der Waals surface area contributed by atoms with Gasteiger partial charge in [0.2, 0.25) is 5.91 Å². The number of aryl methyl sites for hydroxylation is 1. The zero-order valence-corrected chi connectivity index (χ0v) is 15.5. The van der Waals surface area contributed by atoms with E-state index in [2.05, 4.69) is 21.2 Å². The number of anilines is 1. The lowest BCUT2D eigenvalue weighted by Crippen LogP contribution is -2.20. The van der Waals surface area contributed by atoms with Crippen molar-refractivity contribution >= 4 is 38.4 Å². The third kappa shape index (κ3) is 3.74. The third-order valence-corrected chi connectivity index (χ3v) is 4.38. The van der Waals surface area contributed by atoms with Crippen LogP contribution < -0.4 is 15.5 Å². The standard InChI is InChI=1S/C19H17BrN2O3/c1-12-3-6-18(25-2)15(9-12)21-19(24)11-22-8-7-17(23)14-5-4-13(20)10-16(14)22/h3-10H,11H2,1-2H3,(H,21,24). The van der Waals surface area contributed by atoms with Gasteiger partial charge in [-0.3, -0.25) is 9.59 Å². The van der Waals surface area contributed by atoms with Gasteiger partial charge < -0.3 is 14.6 Å². The molecule has 1 N–H and O–H groups in total. The van der Waals surface area contributed by atoms with Gasteiger partial charge in [-0.25, -0.2) is 0 Å². The van der Waals surface area contributed by atoms with Crippen molar-refractivity contribution in [2.75, 3.05) is 12.4 Å². The second kappa shape index (κ2) is 7.11. The smallest absolute Gasteiger partial charge is 0.244 e. The molecule has 1 amide bonds. The number of ether oxygens (including phenoxy) is 1. The average molecular weight is 401 g/mol.